The van der Waals surface area contributed by atoms with E-state index >= 15 is 0 Å². The van der Waals surface area contributed by atoms with E-state index in [2.05, 4.69) is 5.32 Å². The van der Waals surface area contributed by atoms with Crippen LogP contribution in [0.4, 0.5) is 11.4 Å². The number of amides is 2. The van der Waals surface area contributed by atoms with Crippen molar-refractivity contribution in [2.75, 3.05) is 30.2 Å². The van der Waals surface area contributed by atoms with Crippen molar-refractivity contribution in [1.82, 2.24) is 4.90 Å². The minimum atomic E-state index is -0.143. The van der Waals surface area contributed by atoms with Gasteiger partial charge in [0.05, 0.1) is 17.7 Å². The summed E-state index contributed by atoms with van der Waals surface area (Å²) in [6, 6.07) is 13.0. The molecule has 1 aromatic carbocycles. The molecule has 3 rings (SSSR count). The summed E-state index contributed by atoms with van der Waals surface area (Å²) >= 11 is 7.07. The number of hydrogen-bond acceptors (Lipinski definition) is 5. The van der Waals surface area contributed by atoms with E-state index < -0.39 is 0 Å². The van der Waals surface area contributed by atoms with Crippen LogP contribution in [0.15, 0.2) is 58.5 Å². The van der Waals surface area contributed by atoms with E-state index in [-0.39, 0.29) is 24.1 Å². The van der Waals surface area contributed by atoms with Gasteiger partial charge in [-0.1, -0.05) is 6.07 Å². The highest BCUT2D eigenvalue weighted by molar-refractivity contribution is 7.12. The van der Waals surface area contributed by atoms with Crippen LogP contribution in [0.1, 0.15) is 27.4 Å². The normalized spacial score (nSPS) is 10.6. The lowest BCUT2D eigenvalue weighted by atomic mass is 10.1. The summed E-state index contributed by atoms with van der Waals surface area (Å²) in [5.41, 5.74) is 2.56. The van der Waals surface area contributed by atoms with Crippen LogP contribution >= 0.6 is 22.9 Å². The first-order chi connectivity index (χ1) is 14.5. The summed E-state index contributed by atoms with van der Waals surface area (Å²) in [6.45, 7) is 0.712. The molecule has 1 N–H and O–H groups in total. The third kappa shape index (κ3) is 5.64. The number of benzene rings is 1. The number of carbonyl (C=O) groups is 2. The topological polar surface area (TPSA) is 65.8 Å². The lowest BCUT2D eigenvalue weighted by molar-refractivity contribution is -0.115. The predicted octanol–water partition coefficient (Wildman–Crippen LogP) is 4.82. The van der Waals surface area contributed by atoms with E-state index in [0.717, 1.165) is 11.3 Å². The molecule has 0 spiro atoms. The monoisotopic (exact) mass is 445 g/mol. The van der Waals surface area contributed by atoms with Crippen molar-refractivity contribution in [3.8, 4) is 0 Å². The Hall–Kier alpha value is -2.77. The standard InChI is InChI=1S/C22H24ClN3O3S/c1-25(2)19-8-7-17(24-21(27)9-10-23)13-16(19)14-26(15-18-5-3-11-29-18)22(28)20-6-4-12-30-20/h3-8,11-13H,9-10,14-15H2,1-2H3,(H,24,27). The van der Waals surface area contributed by atoms with Gasteiger partial charge in [-0.3, -0.25) is 9.59 Å². The van der Waals surface area contributed by atoms with Gasteiger partial charge in [0.25, 0.3) is 5.91 Å². The zero-order valence-electron chi connectivity index (χ0n) is 16.9. The van der Waals surface area contributed by atoms with Crippen LogP contribution in [0.3, 0.4) is 0 Å². The van der Waals surface area contributed by atoms with Crippen molar-refractivity contribution in [2.24, 2.45) is 0 Å². The molecule has 0 fully saturated rings. The van der Waals surface area contributed by atoms with E-state index in [4.69, 9.17) is 16.0 Å². The fraction of sp³-hybridized carbons (Fsp3) is 0.273. The van der Waals surface area contributed by atoms with Crippen LogP contribution in [-0.2, 0) is 17.9 Å². The van der Waals surface area contributed by atoms with Crippen LogP contribution in [0, 0.1) is 0 Å². The summed E-state index contributed by atoms with van der Waals surface area (Å²) in [5.74, 6) is 0.761. The van der Waals surface area contributed by atoms with E-state index in [1.807, 2.05) is 60.8 Å². The second-order valence-corrected chi connectivity index (χ2v) is 8.27. The molecule has 30 heavy (non-hydrogen) atoms. The fourth-order valence-corrected chi connectivity index (χ4v) is 3.95. The van der Waals surface area contributed by atoms with Gasteiger partial charge in [0, 0.05) is 44.3 Å². The molecule has 2 amide bonds. The molecule has 0 aliphatic rings. The maximum Gasteiger partial charge on any atom is 0.264 e. The highest BCUT2D eigenvalue weighted by atomic mass is 35.5. The molecule has 0 atom stereocenters. The summed E-state index contributed by atoms with van der Waals surface area (Å²) in [5, 5.41) is 4.75. The molecular weight excluding hydrogens is 422 g/mol. The molecule has 0 saturated carbocycles. The summed E-state index contributed by atoms with van der Waals surface area (Å²) in [6.07, 6.45) is 1.84. The number of carbonyl (C=O) groups excluding carboxylic acids is 2. The number of nitrogens with zero attached hydrogens (tertiary/aromatic N) is 2. The first-order valence-electron chi connectivity index (χ1n) is 9.49. The molecule has 0 aliphatic heterocycles. The van der Waals surface area contributed by atoms with Gasteiger partial charge in [-0.05, 0) is 47.3 Å². The number of alkyl halides is 1. The molecule has 158 valence electrons. The Balaban J connectivity index is 1.91. The Morgan fingerprint density at radius 3 is 2.60 bits per heavy atom. The lowest BCUT2D eigenvalue weighted by Crippen LogP contribution is -2.30. The molecule has 2 aromatic heterocycles. The smallest absolute Gasteiger partial charge is 0.264 e. The minimum Gasteiger partial charge on any atom is -0.467 e. The third-order valence-corrected chi connectivity index (χ3v) is 5.52. The van der Waals surface area contributed by atoms with Crippen LogP contribution < -0.4 is 10.2 Å². The van der Waals surface area contributed by atoms with Gasteiger partial charge in [0.2, 0.25) is 5.91 Å². The molecule has 0 radical (unpaired) electrons. The van der Waals surface area contributed by atoms with Gasteiger partial charge in [0.1, 0.15) is 5.76 Å². The SMILES string of the molecule is CN(C)c1ccc(NC(=O)CCCl)cc1CN(Cc1ccco1)C(=O)c1cccs1. The van der Waals surface area contributed by atoms with Crippen molar-refractivity contribution in [1.29, 1.82) is 0 Å². The molecule has 0 unspecified atom stereocenters. The maximum atomic E-state index is 13.2. The zero-order valence-corrected chi connectivity index (χ0v) is 18.5. The Morgan fingerprint density at radius 1 is 1.13 bits per heavy atom. The summed E-state index contributed by atoms with van der Waals surface area (Å²) in [4.78, 5) is 29.5. The fourth-order valence-electron chi connectivity index (χ4n) is 3.09. The van der Waals surface area contributed by atoms with Gasteiger partial charge in [-0.25, -0.2) is 0 Å². The number of hydrogen-bond donors (Lipinski definition) is 1. The molecule has 3 aromatic rings. The molecule has 6 nitrogen and oxygen atoms in total. The first-order valence-corrected chi connectivity index (χ1v) is 10.9. The quantitative estimate of drug-likeness (QED) is 0.479. The second kappa shape index (κ2) is 10.3. The number of rotatable bonds is 9. The van der Waals surface area contributed by atoms with Gasteiger partial charge in [-0.15, -0.1) is 22.9 Å². The van der Waals surface area contributed by atoms with Crippen molar-refractivity contribution in [3.63, 3.8) is 0 Å². The molecule has 0 saturated heterocycles. The van der Waals surface area contributed by atoms with E-state index in [1.54, 1.807) is 17.2 Å². The lowest BCUT2D eigenvalue weighted by Gasteiger charge is -2.25. The van der Waals surface area contributed by atoms with Gasteiger partial charge in [-0.2, -0.15) is 0 Å². The molecule has 8 heteroatoms. The third-order valence-electron chi connectivity index (χ3n) is 4.47. The van der Waals surface area contributed by atoms with Crippen molar-refractivity contribution >= 4 is 46.1 Å². The second-order valence-electron chi connectivity index (χ2n) is 6.94. The minimum absolute atomic E-state index is 0.0670. The first kappa shape index (κ1) is 21.9. The van der Waals surface area contributed by atoms with Gasteiger partial charge >= 0.3 is 0 Å². The van der Waals surface area contributed by atoms with Crippen LogP contribution in [-0.4, -0.2) is 36.7 Å². The molecule has 0 aliphatic carbocycles. The Morgan fingerprint density at radius 2 is 1.97 bits per heavy atom. The predicted molar refractivity (Wildman–Crippen MR) is 121 cm³/mol. The molecule has 2 heterocycles. The van der Waals surface area contributed by atoms with Crippen LogP contribution in [0.2, 0.25) is 0 Å². The highest BCUT2D eigenvalue weighted by Crippen LogP contribution is 2.26. The number of furan rings is 1. The maximum absolute atomic E-state index is 13.2. The van der Waals surface area contributed by atoms with Crippen LogP contribution in [0.5, 0.6) is 0 Å². The van der Waals surface area contributed by atoms with E-state index in [1.165, 1.54) is 11.3 Å². The Labute approximate surface area is 185 Å². The zero-order chi connectivity index (χ0) is 21.5. The average molecular weight is 446 g/mol. The Bertz CT molecular complexity index is 972. The highest BCUT2D eigenvalue weighted by Gasteiger charge is 2.21. The van der Waals surface area contributed by atoms with Crippen LogP contribution in [0.25, 0.3) is 0 Å². The average Bonchev–Trinajstić information content (AvgIpc) is 3.41. The molecular formula is C22H24ClN3O3S. The van der Waals surface area contributed by atoms with Crippen molar-refractivity contribution < 1.29 is 14.0 Å². The largest absolute Gasteiger partial charge is 0.467 e. The van der Waals surface area contributed by atoms with E-state index in [0.29, 0.717) is 29.4 Å². The van der Waals surface area contributed by atoms with Crippen molar-refractivity contribution in [2.45, 2.75) is 19.5 Å². The number of nitrogens with one attached hydrogen (secondary N) is 1. The number of anilines is 2. The summed E-state index contributed by atoms with van der Waals surface area (Å²) < 4.78 is 5.48. The number of halogens is 1. The molecule has 0 bridgehead atoms. The Kier molecular flexibility index (Phi) is 7.54. The van der Waals surface area contributed by atoms with E-state index in [9.17, 15) is 9.59 Å². The van der Waals surface area contributed by atoms with Gasteiger partial charge < -0.3 is 19.5 Å². The number of thiophene rings is 1. The summed E-state index contributed by atoms with van der Waals surface area (Å²) in [7, 11) is 3.89. The van der Waals surface area contributed by atoms with Gasteiger partial charge in [0.15, 0.2) is 0 Å². The van der Waals surface area contributed by atoms with Crippen molar-refractivity contribution in [3.05, 3.63) is 70.3 Å².